The maximum Gasteiger partial charge on any atom is 0.309 e. The number of hydrogen-bond donors (Lipinski definition) is 1. The lowest BCUT2D eigenvalue weighted by Gasteiger charge is -2.29. The molecular weight excluding hydrogens is 400 g/mol. The van der Waals surface area contributed by atoms with Gasteiger partial charge in [0.15, 0.2) is 6.61 Å². The Morgan fingerprint density at radius 2 is 1.82 bits per heavy atom. The first kappa shape index (κ1) is 20.5. The minimum Gasteiger partial charge on any atom is -0.455 e. The van der Waals surface area contributed by atoms with E-state index in [-0.39, 0.29) is 25.6 Å². The second-order valence-electron chi connectivity index (χ2n) is 6.48. The lowest BCUT2D eigenvalue weighted by molar-refractivity contribution is -0.153. The van der Waals surface area contributed by atoms with E-state index < -0.39 is 21.9 Å². The zero-order valence-electron chi connectivity index (χ0n) is 15.2. The van der Waals surface area contributed by atoms with E-state index in [4.69, 9.17) is 4.74 Å². The minimum atomic E-state index is -3.49. The zero-order valence-corrected chi connectivity index (χ0v) is 16.9. The molecule has 0 aliphatic carbocycles. The number of piperidine rings is 1. The third kappa shape index (κ3) is 5.18. The molecule has 0 atom stereocenters. The number of nitrogens with zero attached hydrogens (tertiary/aromatic N) is 1. The third-order valence-corrected chi connectivity index (χ3v) is 7.83. The van der Waals surface area contributed by atoms with Gasteiger partial charge in [0, 0.05) is 19.6 Å². The van der Waals surface area contributed by atoms with Crippen molar-refractivity contribution < 1.29 is 22.7 Å². The molecule has 1 amide bonds. The first-order valence-electron chi connectivity index (χ1n) is 8.98. The van der Waals surface area contributed by atoms with Crippen LogP contribution in [0.3, 0.4) is 0 Å². The number of nitrogens with one attached hydrogen (secondary N) is 1. The fourth-order valence-electron chi connectivity index (χ4n) is 2.97. The van der Waals surface area contributed by atoms with Crippen LogP contribution >= 0.6 is 11.3 Å². The number of carbonyl (C=O) groups is 2. The molecule has 0 unspecified atom stereocenters. The van der Waals surface area contributed by atoms with E-state index in [9.17, 15) is 18.0 Å². The Hall–Kier alpha value is -2.23. The largest absolute Gasteiger partial charge is 0.455 e. The van der Waals surface area contributed by atoms with Gasteiger partial charge in [0.05, 0.1) is 5.92 Å². The number of esters is 1. The molecule has 1 aliphatic rings. The van der Waals surface area contributed by atoms with Crippen molar-refractivity contribution in [1.29, 1.82) is 0 Å². The van der Waals surface area contributed by atoms with Crippen LogP contribution in [0.2, 0.25) is 0 Å². The van der Waals surface area contributed by atoms with Crippen LogP contribution in [-0.4, -0.2) is 44.3 Å². The molecule has 1 aromatic heterocycles. The van der Waals surface area contributed by atoms with Gasteiger partial charge in [-0.2, -0.15) is 4.31 Å². The normalized spacial score (nSPS) is 15.9. The van der Waals surface area contributed by atoms with Crippen molar-refractivity contribution in [1.82, 2.24) is 9.62 Å². The average molecular weight is 423 g/mol. The summed E-state index contributed by atoms with van der Waals surface area (Å²) in [7, 11) is -3.49. The van der Waals surface area contributed by atoms with Gasteiger partial charge in [0.1, 0.15) is 4.21 Å². The number of sulfonamides is 1. The molecule has 7 nitrogen and oxygen atoms in total. The van der Waals surface area contributed by atoms with Gasteiger partial charge in [-0.1, -0.05) is 36.4 Å². The standard InChI is InChI=1S/C19H22N2O5S2/c22-17(20-13-15-5-2-1-3-6-15)14-26-19(23)16-8-10-21(11-9-16)28(24,25)18-7-4-12-27-18/h1-7,12,16H,8-11,13-14H2,(H,20,22). The Bertz CT molecular complexity index is 890. The van der Waals surface area contributed by atoms with Crippen LogP contribution in [-0.2, 0) is 30.9 Å². The van der Waals surface area contributed by atoms with Gasteiger partial charge in [-0.15, -0.1) is 11.3 Å². The van der Waals surface area contributed by atoms with Crippen molar-refractivity contribution in [3.8, 4) is 0 Å². The summed E-state index contributed by atoms with van der Waals surface area (Å²) in [6.45, 7) is 0.565. The van der Waals surface area contributed by atoms with E-state index in [0.717, 1.165) is 5.56 Å². The van der Waals surface area contributed by atoms with E-state index in [1.165, 1.54) is 15.6 Å². The van der Waals surface area contributed by atoms with Crippen LogP contribution in [0.1, 0.15) is 18.4 Å². The van der Waals surface area contributed by atoms with Crippen molar-refractivity contribution in [2.75, 3.05) is 19.7 Å². The van der Waals surface area contributed by atoms with Crippen LogP contribution in [0.4, 0.5) is 0 Å². The lowest BCUT2D eigenvalue weighted by Crippen LogP contribution is -2.40. The third-order valence-electron chi connectivity index (χ3n) is 4.55. The van der Waals surface area contributed by atoms with Gasteiger partial charge in [0.25, 0.3) is 15.9 Å². The highest BCUT2D eigenvalue weighted by Gasteiger charge is 2.33. The van der Waals surface area contributed by atoms with Crippen LogP contribution < -0.4 is 5.32 Å². The molecule has 0 bridgehead atoms. The first-order valence-corrected chi connectivity index (χ1v) is 11.3. The molecule has 2 heterocycles. The van der Waals surface area contributed by atoms with Crippen molar-refractivity contribution in [2.24, 2.45) is 5.92 Å². The summed E-state index contributed by atoms with van der Waals surface area (Å²) < 4.78 is 31.8. The molecule has 1 fully saturated rings. The maximum absolute atomic E-state index is 12.5. The van der Waals surface area contributed by atoms with E-state index in [0.29, 0.717) is 23.6 Å². The van der Waals surface area contributed by atoms with Crippen molar-refractivity contribution in [3.63, 3.8) is 0 Å². The van der Waals surface area contributed by atoms with Crippen molar-refractivity contribution in [3.05, 3.63) is 53.4 Å². The molecule has 1 aromatic carbocycles. The lowest BCUT2D eigenvalue weighted by atomic mass is 9.98. The topological polar surface area (TPSA) is 92.8 Å². The summed E-state index contributed by atoms with van der Waals surface area (Å²) >= 11 is 1.18. The number of hydrogen-bond acceptors (Lipinski definition) is 6. The molecule has 150 valence electrons. The number of rotatable bonds is 7. The van der Waals surface area contributed by atoms with Gasteiger partial charge in [-0.05, 0) is 29.9 Å². The Morgan fingerprint density at radius 1 is 1.11 bits per heavy atom. The monoisotopic (exact) mass is 422 g/mol. The van der Waals surface area contributed by atoms with Crippen molar-refractivity contribution >= 4 is 33.2 Å². The Balaban J connectivity index is 1.41. The minimum absolute atomic E-state index is 0.264. The summed E-state index contributed by atoms with van der Waals surface area (Å²) in [5.74, 6) is -1.21. The smallest absolute Gasteiger partial charge is 0.309 e. The summed E-state index contributed by atoms with van der Waals surface area (Å²) in [5.41, 5.74) is 0.960. The number of ether oxygens (including phenoxy) is 1. The zero-order chi connectivity index (χ0) is 20.0. The Morgan fingerprint density at radius 3 is 2.46 bits per heavy atom. The van der Waals surface area contributed by atoms with Gasteiger partial charge in [-0.25, -0.2) is 8.42 Å². The van der Waals surface area contributed by atoms with Gasteiger partial charge in [-0.3, -0.25) is 9.59 Å². The number of thiophene rings is 1. The van der Waals surface area contributed by atoms with E-state index >= 15 is 0 Å². The van der Waals surface area contributed by atoms with Crippen molar-refractivity contribution in [2.45, 2.75) is 23.6 Å². The molecule has 28 heavy (non-hydrogen) atoms. The van der Waals surface area contributed by atoms with Crippen LogP contribution in [0.25, 0.3) is 0 Å². The highest BCUT2D eigenvalue weighted by molar-refractivity contribution is 7.91. The average Bonchev–Trinajstić information content (AvgIpc) is 3.27. The second-order valence-corrected chi connectivity index (χ2v) is 9.59. The summed E-state index contributed by atoms with van der Waals surface area (Å²) in [6.07, 6.45) is 0.768. The fourth-order valence-corrected chi connectivity index (χ4v) is 5.59. The summed E-state index contributed by atoms with van der Waals surface area (Å²) in [4.78, 5) is 24.0. The highest BCUT2D eigenvalue weighted by atomic mass is 32.2. The molecule has 9 heteroatoms. The number of benzene rings is 1. The fraction of sp³-hybridized carbons (Fsp3) is 0.368. The molecule has 3 rings (SSSR count). The Labute approximate surface area is 168 Å². The van der Waals surface area contributed by atoms with E-state index in [2.05, 4.69) is 5.32 Å². The first-order chi connectivity index (χ1) is 13.5. The molecular formula is C19H22N2O5S2. The van der Waals surface area contributed by atoms with Gasteiger partial charge >= 0.3 is 5.97 Å². The summed E-state index contributed by atoms with van der Waals surface area (Å²) in [5, 5.41) is 4.42. The van der Waals surface area contributed by atoms with E-state index in [1.807, 2.05) is 30.3 Å². The number of amides is 1. The molecule has 2 aromatic rings. The maximum atomic E-state index is 12.5. The highest BCUT2D eigenvalue weighted by Crippen LogP contribution is 2.26. The molecule has 0 spiro atoms. The number of carbonyl (C=O) groups excluding carboxylic acids is 2. The van der Waals surface area contributed by atoms with E-state index in [1.54, 1.807) is 17.5 Å². The van der Waals surface area contributed by atoms with Crippen LogP contribution in [0.5, 0.6) is 0 Å². The van der Waals surface area contributed by atoms with Crippen LogP contribution in [0, 0.1) is 5.92 Å². The predicted molar refractivity (Wildman–Crippen MR) is 105 cm³/mol. The van der Waals surface area contributed by atoms with Crippen LogP contribution in [0.15, 0.2) is 52.1 Å². The Kier molecular flexibility index (Phi) is 6.82. The second kappa shape index (κ2) is 9.31. The molecule has 0 radical (unpaired) electrons. The van der Waals surface area contributed by atoms with Gasteiger partial charge < -0.3 is 10.1 Å². The molecule has 1 saturated heterocycles. The quantitative estimate of drug-likeness (QED) is 0.689. The molecule has 1 aliphatic heterocycles. The molecule has 1 N–H and O–H groups in total. The summed E-state index contributed by atoms with van der Waals surface area (Å²) in [6, 6.07) is 12.7. The molecule has 0 saturated carbocycles. The predicted octanol–water partition coefficient (Wildman–Crippen LogP) is 2.01. The SMILES string of the molecule is O=C(COC(=O)C1CCN(S(=O)(=O)c2cccs2)CC1)NCc1ccccc1. The van der Waals surface area contributed by atoms with Gasteiger partial charge in [0.2, 0.25) is 0 Å².